The van der Waals surface area contributed by atoms with Crippen LogP contribution < -0.4 is 4.74 Å². The number of rotatable bonds is 6. The number of nitrogens with zero attached hydrogens (tertiary/aromatic N) is 2. The average Bonchev–Trinajstić information content (AvgIpc) is 3.25. The molecule has 2 fully saturated rings. The molecule has 1 aromatic rings. The predicted octanol–water partition coefficient (Wildman–Crippen LogP) is 3.00. The molecule has 0 bridgehead atoms. The maximum absolute atomic E-state index is 12.8. The fraction of sp³-hybridized carbons (Fsp3) is 0.611. The highest BCUT2D eigenvalue weighted by molar-refractivity contribution is 6.18. The van der Waals surface area contributed by atoms with E-state index in [9.17, 15) is 4.79 Å². The first-order chi connectivity index (χ1) is 11.3. The van der Waals surface area contributed by atoms with E-state index in [-0.39, 0.29) is 5.91 Å². The molecule has 3 rings (SSSR count). The molecule has 5 heteroatoms. The molecule has 1 aromatic carbocycles. The monoisotopic (exact) mass is 336 g/mol. The van der Waals surface area contributed by atoms with E-state index in [4.69, 9.17) is 16.3 Å². The largest absolute Gasteiger partial charge is 0.492 e. The van der Waals surface area contributed by atoms with E-state index in [0.717, 1.165) is 37.2 Å². The zero-order valence-corrected chi connectivity index (χ0v) is 14.3. The summed E-state index contributed by atoms with van der Waals surface area (Å²) >= 11 is 5.62. The van der Waals surface area contributed by atoms with Crippen molar-refractivity contribution in [2.45, 2.75) is 31.7 Å². The van der Waals surface area contributed by atoms with Crippen LogP contribution in [0.15, 0.2) is 24.3 Å². The Hall–Kier alpha value is -1.26. The number of benzene rings is 1. The molecule has 2 aliphatic heterocycles. The molecule has 2 aliphatic rings. The van der Waals surface area contributed by atoms with Crippen LogP contribution in [0.2, 0.25) is 0 Å². The molecule has 0 aromatic heterocycles. The van der Waals surface area contributed by atoms with Crippen LogP contribution in [0.3, 0.4) is 0 Å². The van der Waals surface area contributed by atoms with Crippen LogP contribution in [0.5, 0.6) is 5.75 Å². The van der Waals surface area contributed by atoms with E-state index in [1.165, 1.54) is 25.9 Å². The number of amides is 1. The van der Waals surface area contributed by atoms with E-state index in [1.54, 1.807) is 0 Å². The molecular formula is C18H25ClN2O2. The van der Waals surface area contributed by atoms with Gasteiger partial charge < -0.3 is 14.5 Å². The maximum atomic E-state index is 12.8. The first-order valence-electron chi connectivity index (χ1n) is 8.60. The fourth-order valence-electron chi connectivity index (χ4n) is 3.57. The number of hydrogen-bond donors (Lipinski definition) is 0. The molecule has 23 heavy (non-hydrogen) atoms. The number of carbonyl (C=O) groups excluding carboxylic acids is 1. The lowest BCUT2D eigenvalue weighted by molar-refractivity contribution is 0.0709. The highest BCUT2D eigenvalue weighted by atomic mass is 35.5. The zero-order valence-electron chi connectivity index (χ0n) is 13.5. The van der Waals surface area contributed by atoms with Crippen LogP contribution in [0.25, 0.3) is 0 Å². The number of halogens is 1. The van der Waals surface area contributed by atoms with Crippen molar-refractivity contribution < 1.29 is 9.53 Å². The molecule has 0 N–H and O–H groups in total. The number of likely N-dealkylation sites (tertiary alicyclic amines) is 2. The van der Waals surface area contributed by atoms with Gasteiger partial charge in [0.1, 0.15) is 12.4 Å². The third kappa shape index (κ3) is 4.18. The first-order valence-corrected chi connectivity index (χ1v) is 9.13. The Bertz CT molecular complexity index is 514. The van der Waals surface area contributed by atoms with Gasteiger partial charge in [0.15, 0.2) is 0 Å². The van der Waals surface area contributed by atoms with Crippen LogP contribution in [0.1, 0.15) is 36.0 Å². The van der Waals surface area contributed by atoms with Crippen LogP contribution >= 0.6 is 11.6 Å². The van der Waals surface area contributed by atoms with Crippen molar-refractivity contribution in [1.29, 1.82) is 0 Å². The van der Waals surface area contributed by atoms with Crippen molar-refractivity contribution in [2.75, 3.05) is 38.7 Å². The van der Waals surface area contributed by atoms with Gasteiger partial charge in [0.05, 0.1) is 5.88 Å². The molecule has 0 spiro atoms. The van der Waals surface area contributed by atoms with Crippen molar-refractivity contribution in [3.8, 4) is 5.75 Å². The average molecular weight is 337 g/mol. The van der Waals surface area contributed by atoms with E-state index < -0.39 is 0 Å². The van der Waals surface area contributed by atoms with Gasteiger partial charge >= 0.3 is 0 Å². The zero-order chi connectivity index (χ0) is 16.1. The van der Waals surface area contributed by atoms with Crippen LogP contribution in [0, 0.1) is 0 Å². The molecule has 2 saturated heterocycles. The highest BCUT2D eigenvalue weighted by Gasteiger charge is 2.31. The molecule has 4 nitrogen and oxygen atoms in total. The molecule has 2 heterocycles. The lowest BCUT2D eigenvalue weighted by Crippen LogP contribution is -2.42. The minimum atomic E-state index is 0.149. The van der Waals surface area contributed by atoms with E-state index in [2.05, 4.69) is 9.80 Å². The Morgan fingerprint density at radius 2 is 1.87 bits per heavy atom. The third-order valence-corrected chi connectivity index (χ3v) is 4.91. The molecule has 1 atom stereocenters. The molecule has 126 valence electrons. The Labute approximate surface area is 143 Å². The minimum Gasteiger partial charge on any atom is -0.492 e. The Morgan fingerprint density at radius 3 is 2.57 bits per heavy atom. The SMILES string of the molecule is O=C(c1ccc(OCCCl)cc1)N1CCC[C@H]1CN1CCCC1. The first kappa shape index (κ1) is 16.6. The maximum Gasteiger partial charge on any atom is 0.254 e. The van der Waals surface area contributed by atoms with Gasteiger partial charge in [0.2, 0.25) is 0 Å². The smallest absolute Gasteiger partial charge is 0.254 e. The van der Waals surface area contributed by atoms with Gasteiger partial charge in [-0.25, -0.2) is 0 Å². The third-order valence-electron chi connectivity index (χ3n) is 4.75. The predicted molar refractivity (Wildman–Crippen MR) is 92.4 cm³/mol. The normalized spacial score (nSPS) is 21.8. The van der Waals surface area contributed by atoms with Crippen molar-refractivity contribution in [3.05, 3.63) is 29.8 Å². The standard InChI is InChI=1S/C18H25ClN2O2/c19-9-13-23-17-7-5-15(6-8-17)18(22)21-12-3-4-16(21)14-20-10-1-2-11-20/h5-8,16H,1-4,9-14H2/t16-/m0/s1. The van der Waals surface area contributed by atoms with Gasteiger partial charge in [0.25, 0.3) is 5.91 Å². The van der Waals surface area contributed by atoms with E-state index >= 15 is 0 Å². The number of hydrogen-bond acceptors (Lipinski definition) is 3. The number of ether oxygens (including phenoxy) is 1. The minimum absolute atomic E-state index is 0.149. The number of alkyl halides is 1. The van der Waals surface area contributed by atoms with Gasteiger partial charge in [-0.2, -0.15) is 0 Å². The second kappa shape index (κ2) is 8.02. The lowest BCUT2D eigenvalue weighted by Gasteiger charge is -2.28. The van der Waals surface area contributed by atoms with Crippen molar-refractivity contribution in [3.63, 3.8) is 0 Å². The Kier molecular flexibility index (Phi) is 5.79. The summed E-state index contributed by atoms with van der Waals surface area (Å²) in [7, 11) is 0. The van der Waals surface area contributed by atoms with Crippen molar-refractivity contribution in [1.82, 2.24) is 9.80 Å². The second-order valence-electron chi connectivity index (χ2n) is 6.36. The summed E-state index contributed by atoms with van der Waals surface area (Å²) in [6.45, 7) is 4.76. The summed E-state index contributed by atoms with van der Waals surface area (Å²) in [6, 6.07) is 7.79. The van der Waals surface area contributed by atoms with Crippen LogP contribution in [-0.2, 0) is 0 Å². The molecule has 1 amide bonds. The molecule has 0 unspecified atom stereocenters. The topological polar surface area (TPSA) is 32.8 Å². The summed E-state index contributed by atoms with van der Waals surface area (Å²) < 4.78 is 5.46. The van der Waals surface area contributed by atoms with Crippen LogP contribution in [0.4, 0.5) is 0 Å². The van der Waals surface area contributed by atoms with Gasteiger partial charge in [-0.1, -0.05) is 0 Å². The molecule has 0 radical (unpaired) electrons. The summed E-state index contributed by atoms with van der Waals surface area (Å²) in [4.78, 5) is 17.4. The molecule has 0 aliphatic carbocycles. The number of carbonyl (C=O) groups is 1. The fourth-order valence-corrected chi connectivity index (χ4v) is 3.65. The summed E-state index contributed by atoms with van der Waals surface area (Å²) in [6.07, 6.45) is 4.83. The highest BCUT2D eigenvalue weighted by Crippen LogP contribution is 2.23. The lowest BCUT2D eigenvalue weighted by atomic mass is 10.1. The van der Waals surface area contributed by atoms with E-state index in [1.807, 2.05) is 24.3 Å². The van der Waals surface area contributed by atoms with E-state index in [0.29, 0.717) is 18.5 Å². The Balaban J connectivity index is 1.61. The van der Waals surface area contributed by atoms with Gasteiger partial charge in [-0.15, -0.1) is 11.6 Å². The summed E-state index contributed by atoms with van der Waals surface area (Å²) in [5, 5.41) is 0. The van der Waals surface area contributed by atoms with Gasteiger partial charge in [0, 0.05) is 24.7 Å². The summed E-state index contributed by atoms with van der Waals surface area (Å²) in [5.74, 6) is 1.37. The summed E-state index contributed by atoms with van der Waals surface area (Å²) in [5.41, 5.74) is 0.747. The molecular weight excluding hydrogens is 312 g/mol. The molecule has 0 saturated carbocycles. The van der Waals surface area contributed by atoms with Crippen molar-refractivity contribution >= 4 is 17.5 Å². The van der Waals surface area contributed by atoms with Crippen LogP contribution in [-0.4, -0.2) is 60.4 Å². The van der Waals surface area contributed by atoms with Crippen molar-refractivity contribution in [2.24, 2.45) is 0 Å². The van der Waals surface area contributed by atoms with Gasteiger partial charge in [-0.05, 0) is 63.0 Å². The van der Waals surface area contributed by atoms with Gasteiger partial charge in [-0.3, -0.25) is 4.79 Å². The Morgan fingerprint density at radius 1 is 1.13 bits per heavy atom. The second-order valence-corrected chi connectivity index (χ2v) is 6.74. The quantitative estimate of drug-likeness (QED) is 0.749.